The van der Waals surface area contributed by atoms with Gasteiger partial charge in [0.25, 0.3) is 0 Å². The van der Waals surface area contributed by atoms with Gasteiger partial charge in [0.15, 0.2) is 0 Å². The molecule has 58 valence electrons. The van der Waals surface area contributed by atoms with Crippen molar-refractivity contribution in [2.75, 3.05) is 0 Å². The van der Waals surface area contributed by atoms with Gasteiger partial charge in [-0.15, -0.1) is 0 Å². The smallest absolute Gasteiger partial charge is 1.00 e. The summed E-state index contributed by atoms with van der Waals surface area (Å²) in [5, 5.41) is 0.186. The predicted octanol–water partition coefficient (Wildman–Crippen LogP) is -7.72. The molecule has 0 saturated carbocycles. The van der Waals surface area contributed by atoms with E-state index in [1.807, 2.05) is 0 Å². The largest absolute Gasteiger partial charge is 1.00 e. The minimum absolute atomic E-state index is 0. The van der Waals surface area contributed by atoms with Crippen molar-refractivity contribution in [1.82, 2.24) is 0 Å². The average molecular weight is 232 g/mol. The molecule has 1 aromatic rings. The van der Waals surface area contributed by atoms with Gasteiger partial charge in [-0.3, -0.25) is 0 Å². The fraction of sp³-hybridized carbons (Fsp3) is 0. The van der Waals surface area contributed by atoms with E-state index in [0.717, 1.165) is 3.69 Å². The van der Waals surface area contributed by atoms with Crippen LogP contribution in [0.15, 0.2) is 18.2 Å². The molecule has 0 fully saturated rings. The number of hydrogen-bond acceptors (Lipinski definition) is 0. The predicted molar refractivity (Wildman–Crippen MR) is 36.8 cm³/mol. The van der Waals surface area contributed by atoms with Gasteiger partial charge in [-0.1, -0.05) is 0 Å². The number of hydrogen-bond donors (Lipinski definition) is 0. The van der Waals surface area contributed by atoms with Crippen molar-refractivity contribution < 1.29 is 48.1 Å². The van der Waals surface area contributed by atoms with Crippen LogP contribution in [0.3, 0.4) is 0 Å². The molecule has 0 aliphatic rings. The maximum Gasteiger partial charge on any atom is 1.00 e. The van der Waals surface area contributed by atoms with E-state index in [0.29, 0.717) is 0 Å². The molecule has 0 aromatic heterocycles. The fourth-order valence-corrected chi connectivity index (χ4v) is 0.954. The summed E-state index contributed by atoms with van der Waals surface area (Å²) in [6.45, 7) is 0. The van der Waals surface area contributed by atoms with Crippen LogP contribution in [0.1, 0.15) is 0 Å². The van der Waals surface area contributed by atoms with Crippen molar-refractivity contribution in [2.24, 2.45) is 0 Å². The Kier molecular flexibility index (Phi) is 14.2. The maximum absolute atomic E-state index is 12.5. The first-order valence-electron chi connectivity index (χ1n) is 2.47. The zero-order chi connectivity index (χ0) is 6.85. The molecule has 0 aliphatic carbocycles. The van der Waals surface area contributed by atoms with Gasteiger partial charge in [0.2, 0.25) is 0 Å². The molecule has 0 bridgehead atoms. The third-order valence-corrected chi connectivity index (χ3v) is 1.73. The quantitative estimate of drug-likeness (QED) is 0.389. The maximum atomic E-state index is 12.5. The third kappa shape index (κ3) is 5.93. The standard InChI is InChI=1S/C6H3ClF.2ClH.Li.Mg/c7-5-3-1-2-4-6(5)8;;;;/h1,3-4H;2*1H;;/q;;;2*+1/p-2. The molecule has 6 heteroatoms. The topological polar surface area (TPSA) is 0 Å². The number of benzene rings is 1. The molecule has 1 rings (SSSR count). The molecule has 0 spiro atoms. The average Bonchev–Trinajstić information content (AvgIpc) is 1.80. The van der Waals surface area contributed by atoms with Gasteiger partial charge >= 0.3 is 89.3 Å². The number of rotatable bonds is 0. The van der Waals surface area contributed by atoms with E-state index in [-0.39, 0.29) is 54.5 Å². The van der Waals surface area contributed by atoms with E-state index in [2.05, 4.69) is 0 Å². The van der Waals surface area contributed by atoms with Gasteiger partial charge in [0, 0.05) is 0 Å². The second-order valence-corrected chi connectivity index (χ2v) is 2.97. The Labute approximate surface area is 113 Å². The van der Waals surface area contributed by atoms with Crippen LogP contribution in [-0.4, -0.2) is 21.7 Å². The molecule has 0 atom stereocenters. The Morgan fingerprint density at radius 3 is 2.08 bits per heavy atom. The van der Waals surface area contributed by atoms with Crippen LogP contribution in [0.25, 0.3) is 0 Å². The first-order chi connectivity index (χ1) is 4.20. The monoisotopic (exact) mass is 230 g/mol. The van der Waals surface area contributed by atoms with Crippen molar-refractivity contribution in [1.29, 1.82) is 0 Å². The molecule has 0 amide bonds. The third-order valence-electron chi connectivity index (χ3n) is 0.984. The second kappa shape index (κ2) is 8.96. The summed E-state index contributed by atoms with van der Waals surface area (Å²) in [5.74, 6) is -0.343. The molecule has 0 radical (unpaired) electrons. The zero-order valence-corrected chi connectivity index (χ0v) is 10.1. The molecule has 0 aliphatic heterocycles. The SMILES string of the molecule is Fc1c[c]([Mg+])ccc1Cl.[Cl-].[Cl-].[Li+]. The van der Waals surface area contributed by atoms with Crippen LogP contribution >= 0.6 is 11.6 Å². The normalized spacial score (nSPS) is 7.33. The minimum atomic E-state index is -0.343. The van der Waals surface area contributed by atoms with E-state index in [4.69, 9.17) is 11.6 Å². The Balaban J connectivity index is -0.000000270. The summed E-state index contributed by atoms with van der Waals surface area (Å²) in [5.41, 5.74) is 0. The van der Waals surface area contributed by atoms with Crippen LogP contribution in [0.4, 0.5) is 4.39 Å². The van der Waals surface area contributed by atoms with Crippen LogP contribution in [0, 0.1) is 5.82 Å². The summed E-state index contributed by atoms with van der Waals surface area (Å²) in [4.78, 5) is 0. The molecular weight excluding hydrogens is 229 g/mol. The summed E-state index contributed by atoms with van der Waals surface area (Å²) in [7, 11) is 0. The Bertz CT molecular complexity index is 234. The van der Waals surface area contributed by atoms with E-state index in [1.165, 1.54) is 6.07 Å². The Morgan fingerprint density at radius 2 is 1.75 bits per heavy atom. The summed E-state index contributed by atoms with van der Waals surface area (Å²) < 4.78 is 13.4. The fourth-order valence-electron chi connectivity index (χ4n) is 0.540. The van der Waals surface area contributed by atoms with E-state index in [1.54, 1.807) is 33.8 Å². The zero-order valence-electron chi connectivity index (χ0n) is 6.45. The molecule has 0 unspecified atom stereocenters. The molecular formula is C6H3Cl3FLiMg. The molecule has 12 heavy (non-hydrogen) atoms. The second-order valence-electron chi connectivity index (χ2n) is 1.75. The number of halogens is 4. The van der Waals surface area contributed by atoms with Crippen LogP contribution in [-0.2, 0) is 0 Å². The summed E-state index contributed by atoms with van der Waals surface area (Å²) >= 11 is 7.04. The van der Waals surface area contributed by atoms with Gasteiger partial charge < -0.3 is 24.8 Å². The van der Waals surface area contributed by atoms with Crippen molar-refractivity contribution in [3.8, 4) is 0 Å². The van der Waals surface area contributed by atoms with Crippen LogP contribution in [0.2, 0.25) is 5.02 Å². The van der Waals surface area contributed by atoms with Crippen molar-refractivity contribution in [3.05, 3.63) is 29.0 Å². The van der Waals surface area contributed by atoms with E-state index >= 15 is 0 Å². The van der Waals surface area contributed by atoms with Crippen LogP contribution < -0.4 is 47.4 Å². The molecule has 1 aromatic carbocycles. The van der Waals surface area contributed by atoms with E-state index < -0.39 is 0 Å². The molecule has 0 N–H and O–H groups in total. The summed E-state index contributed by atoms with van der Waals surface area (Å²) in [6.07, 6.45) is 0. The van der Waals surface area contributed by atoms with Gasteiger partial charge in [-0.05, 0) is 0 Å². The Morgan fingerprint density at radius 1 is 1.25 bits per heavy atom. The van der Waals surface area contributed by atoms with Gasteiger partial charge in [-0.2, -0.15) is 0 Å². The van der Waals surface area contributed by atoms with Gasteiger partial charge in [0.05, 0.1) is 0 Å². The molecule has 0 heterocycles. The van der Waals surface area contributed by atoms with E-state index in [9.17, 15) is 4.39 Å². The first-order valence-corrected chi connectivity index (χ1v) is 3.55. The van der Waals surface area contributed by atoms with Gasteiger partial charge in [0.1, 0.15) is 0 Å². The Hall–Kier alpha value is 1.38. The first kappa shape index (κ1) is 19.0. The minimum Gasteiger partial charge on any atom is -1.00 e. The molecule has 0 nitrogen and oxygen atoms in total. The van der Waals surface area contributed by atoms with Crippen LogP contribution in [0.5, 0.6) is 0 Å². The van der Waals surface area contributed by atoms with Gasteiger partial charge in [-0.25, -0.2) is 0 Å². The van der Waals surface area contributed by atoms with Crippen molar-refractivity contribution in [3.63, 3.8) is 0 Å². The van der Waals surface area contributed by atoms with Crippen molar-refractivity contribution in [2.45, 2.75) is 0 Å². The summed E-state index contributed by atoms with van der Waals surface area (Å²) in [6, 6.07) is 4.75. The molecule has 0 saturated heterocycles. The van der Waals surface area contributed by atoms with Crippen molar-refractivity contribution >= 4 is 37.0 Å².